The number of methoxy groups -OCH3 is 1. The number of amides is 1. The molecule has 1 fully saturated rings. The van der Waals surface area contributed by atoms with Crippen molar-refractivity contribution in [3.8, 4) is 5.75 Å². The lowest BCUT2D eigenvalue weighted by molar-refractivity contribution is -0.137. The van der Waals surface area contributed by atoms with Crippen molar-refractivity contribution in [1.82, 2.24) is 14.9 Å². The minimum absolute atomic E-state index is 0.0331. The SMILES string of the molecule is CNc1nc(Nc2ccc(C(=O)N3CCCC3)cc2OC)ncc1C(F)(F)F. The highest BCUT2D eigenvalue weighted by molar-refractivity contribution is 5.95. The van der Waals surface area contributed by atoms with Gasteiger partial charge in [-0.25, -0.2) is 4.98 Å². The van der Waals surface area contributed by atoms with E-state index in [0.29, 0.717) is 23.2 Å². The molecule has 0 unspecified atom stereocenters. The molecule has 1 saturated heterocycles. The van der Waals surface area contributed by atoms with Crippen LogP contribution in [0.25, 0.3) is 0 Å². The van der Waals surface area contributed by atoms with Crippen molar-refractivity contribution >= 4 is 23.4 Å². The Bertz CT molecular complexity index is 867. The minimum atomic E-state index is -4.56. The second-order valence-corrected chi connectivity index (χ2v) is 6.24. The summed E-state index contributed by atoms with van der Waals surface area (Å²) in [6.07, 6.45) is -1.88. The Morgan fingerprint density at radius 3 is 2.57 bits per heavy atom. The molecule has 1 aliphatic heterocycles. The number of hydrogen-bond donors (Lipinski definition) is 2. The molecule has 0 aliphatic carbocycles. The molecule has 0 bridgehead atoms. The molecule has 28 heavy (non-hydrogen) atoms. The van der Waals surface area contributed by atoms with E-state index >= 15 is 0 Å². The maximum Gasteiger partial charge on any atom is 0.421 e. The molecule has 1 aromatic carbocycles. The predicted molar refractivity (Wildman–Crippen MR) is 98.0 cm³/mol. The van der Waals surface area contributed by atoms with Crippen molar-refractivity contribution in [2.75, 3.05) is 37.9 Å². The van der Waals surface area contributed by atoms with Crippen molar-refractivity contribution in [2.24, 2.45) is 0 Å². The molecule has 0 atom stereocenters. The van der Waals surface area contributed by atoms with Crippen LogP contribution in [-0.2, 0) is 6.18 Å². The predicted octanol–water partition coefficient (Wildman–Crippen LogP) is 3.53. The zero-order chi connectivity index (χ0) is 20.3. The minimum Gasteiger partial charge on any atom is -0.495 e. The number of anilines is 3. The first-order chi connectivity index (χ1) is 13.3. The smallest absolute Gasteiger partial charge is 0.421 e. The van der Waals surface area contributed by atoms with Gasteiger partial charge in [-0.15, -0.1) is 0 Å². The van der Waals surface area contributed by atoms with Crippen LogP contribution in [0.4, 0.5) is 30.6 Å². The lowest BCUT2D eigenvalue weighted by Gasteiger charge is -2.17. The summed E-state index contributed by atoms with van der Waals surface area (Å²) in [6.45, 7) is 1.46. The Balaban J connectivity index is 1.85. The van der Waals surface area contributed by atoms with E-state index in [2.05, 4.69) is 20.6 Å². The summed E-state index contributed by atoms with van der Waals surface area (Å²) in [4.78, 5) is 21.9. The number of likely N-dealkylation sites (tertiary alicyclic amines) is 1. The fraction of sp³-hybridized carbons (Fsp3) is 0.389. The molecule has 1 aromatic heterocycles. The van der Waals surface area contributed by atoms with E-state index in [0.717, 1.165) is 25.9 Å². The molecule has 1 amide bonds. The monoisotopic (exact) mass is 395 g/mol. The van der Waals surface area contributed by atoms with E-state index < -0.39 is 11.7 Å². The van der Waals surface area contributed by atoms with E-state index in [1.807, 2.05) is 0 Å². The van der Waals surface area contributed by atoms with E-state index in [9.17, 15) is 18.0 Å². The Morgan fingerprint density at radius 1 is 1.25 bits per heavy atom. The number of benzene rings is 1. The lowest BCUT2D eigenvalue weighted by Crippen LogP contribution is -2.27. The zero-order valence-electron chi connectivity index (χ0n) is 15.4. The zero-order valence-corrected chi connectivity index (χ0v) is 15.4. The number of alkyl halides is 3. The van der Waals surface area contributed by atoms with Crippen LogP contribution >= 0.6 is 0 Å². The fourth-order valence-electron chi connectivity index (χ4n) is 2.99. The largest absolute Gasteiger partial charge is 0.495 e. The number of carbonyl (C=O) groups is 1. The molecule has 7 nitrogen and oxygen atoms in total. The molecule has 150 valence electrons. The van der Waals surface area contributed by atoms with Gasteiger partial charge in [-0.3, -0.25) is 4.79 Å². The Morgan fingerprint density at radius 2 is 1.96 bits per heavy atom. The van der Waals surface area contributed by atoms with Crippen LogP contribution < -0.4 is 15.4 Å². The van der Waals surface area contributed by atoms with Crippen molar-refractivity contribution in [3.05, 3.63) is 35.5 Å². The second kappa shape index (κ2) is 7.91. The van der Waals surface area contributed by atoms with Crippen LogP contribution in [0.15, 0.2) is 24.4 Å². The molecule has 2 heterocycles. The molecule has 0 spiro atoms. The van der Waals surface area contributed by atoms with Crippen LogP contribution in [-0.4, -0.2) is 48.0 Å². The number of carbonyl (C=O) groups excluding carboxylic acids is 1. The van der Waals surface area contributed by atoms with Crippen molar-refractivity contribution in [1.29, 1.82) is 0 Å². The van der Waals surface area contributed by atoms with Gasteiger partial charge in [-0.2, -0.15) is 18.2 Å². The van der Waals surface area contributed by atoms with Gasteiger partial charge < -0.3 is 20.3 Å². The first kappa shape index (κ1) is 19.7. The highest BCUT2D eigenvalue weighted by atomic mass is 19.4. The van der Waals surface area contributed by atoms with Gasteiger partial charge in [-0.1, -0.05) is 0 Å². The molecule has 0 radical (unpaired) electrons. The summed E-state index contributed by atoms with van der Waals surface area (Å²) >= 11 is 0. The van der Waals surface area contributed by atoms with E-state index in [1.54, 1.807) is 23.1 Å². The Kier molecular flexibility index (Phi) is 5.57. The van der Waals surface area contributed by atoms with E-state index in [-0.39, 0.29) is 17.7 Å². The van der Waals surface area contributed by atoms with Gasteiger partial charge in [0.1, 0.15) is 17.1 Å². The van der Waals surface area contributed by atoms with Gasteiger partial charge >= 0.3 is 6.18 Å². The average molecular weight is 395 g/mol. The summed E-state index contributed by atoms with van der Waals surface area (Å²) in [5.41, 5.74) is -0.0464. The number of halogens is 3. The van der Waals surface area contributed by atoms with E-state index in [4.69, 9.17) is 4.74 Å². The first-order valence-corrected chi connectivity index (χ1v) is 8.70. The van der Waals surface area contributed by atoms with Gasteiger partial charge in [0, 0.05) is 31.9 Å². The summed E-state index contributed by atoms with van der Waals surface area (Å²) < 4.78 is 44.2. The second-order valence-electron chi connectivity index (χ2n) is 6.24. The van der Waals surface area contributed by atoms with Crippen LogP contribution in [0.3, 0.4) is 0 Å². The molecule has 3 rings (SSSR count). The van der Waals surface area contributed by atoms with Crippen molar-refractivity contribution in [2.45, 2.75) is 19.0 Å². The molecular weight excluding hydrogens is 375 g/mol. The molecule has 10 heteroatoms. The van der Waals surface area contributed by atoms with Crippen LogP contribution in [0, 0.1) is 0 Å². The number of nitrogens with zero attached hydrogens (tertiary/aromatic N) is 3. The highest BCUT2D eigenvalue weighted by Gasteiger charge is 2.35. The van der Waals surface area contributed by atoms with Gasteiger partial charge in [-0.05, 0) is 31.0 Å². The topological polar surface area (TPSA) is 79.4 Å². The fourth-order valence-corrected chi connectivity index (χ4v) is 2.99. The maximum absolute atomic E-state index is 13.0. The van der Waals surface area contributed by atoms with Gasteiger partial charge in [0.15, 0.2) is 0 Å². The summed E-state index contributed by atoms with van der Waals surface area (Å²) in [5, 5.41) is 5.25. The average Bonchev–Trinajstić information content (AvgIpc) is 3.21. The third kappa shape index (κ3) is 4.10. The molecule has 1 aliphatic rings. The summed E-state index contributed by atoms with van der Waals surface area (Å²) in [6, 6.07) is 4.84. The molecular formula is C18H20F3N5O2. The molecule has 2 aromatic rings. The summed E-state index contributed by atoms with van der Waals surface area (Å²) in [5.74, 6) is -0.0933. The Labute approximate surface area is 159 Å². The third-order valence-electron chi connectivity index (χ3n) is 4.42. The standard InChI is InChI=1S/C18H20F3N5O2/c1-22-15-12(18(19,20)21)10-23-17(25-15)24-13-6-5-11(9-14(13)28-2)16(27)26-7-3-4-8-26/h5-6,9-10H,3-4,7-8H2,1-2H3,(H2,22,23,24,25). The molecule has 0 saturated carbocycles. The Hall–Kier alpha value is -3.04. The number of ether oxygens (including phenoxy) is 1. The maximum atomic E-state index is 13.0. The number of aromatic nitrogens is 2. The van der Waals surface area contributed by atoms with Gasteiger partial charge in [0.05, 0.1) is 12.8 Å². The van der Waals surface area contributed by atoms with Crippen LogP contribution in [0.1, 0.15) is 28.8 Å². The normalized spacial score (nSPS) is 14.1. The summed E-state index contributed by atoms with van der Waals surface area (Å²) in [7, 11) is 2.79. The first-order valence-electron chi connectivity index (χ1n) is 8.70. The quantitative estimate of drug-likeness (QED) is 0.807. The van der Waals surface area contributed by atoms with Crippen LogP contribution in [0.2, 0.25) is 0 Å². The van der Waals surface area contributed by atoms with Crippen molar-refractivity contribution in [3.63, 3.8) is 0 Å². The highest BCUT2D eigenvalue weighted by Crippen LogP contribution is 2.34. The van der Waals surface area contributed by atoms with Crippen LogP contribution in [0.5, 0.6) is 5.75 Å². The number of nitrogens with one attached hydrogen (secondary N) is 2. The third-order valence-corrected chi connectivity index (χ3v) is 4.42. The number of rotatable bonds is 5. The van der Waals surface area contributed by atoms with Crippen molar-refractivity contribution < 1.29 is 22.7 Å². The van der Waals surface area contributed by atoms with Gasteiger partial charge in [0.25, 0.3) is 5.91 Å². The molecule has 2 N–H and O–H groups in total. The number of hydrogen-bond acceptors (Lipinski definition) is 6. The van der Waals surface area contributed by atoms with E-state index in [1.165, 1.54) is 14.2 Å². The lowest BCUT2D eigenvalue weighted by atomic mass is 10.1. The van der Waals surface area contributed by atoms with Gasteiger partial charge in [0.2, 0.25) is 5.95 Å².